The van der Waals surface area contributed by atoms with Crippen LogP contribution in [0.1, 0.15) is 56.9 Å². The van der Waals surface area contributed by atoms with E-state index in [4.69, 9.17) is 0 Å². The molecule has 0 saturated heterocycles. The van der Waals surface area contributed by atoms with Gasteiger partial charge in [-0.05, 0) is 63.4 Å². The Hall–Kier alpha value is -4.43. The average Bonchev–Trinajstić information content (AvgIpc) is 3.30. The number of hydrogen-bond donors (Lipinski definition) is 0. The summed E-state index contributed by atoms with van der Waals surface area (Å²) in [7, 11) is 0. The van der Waals surface area contributed by atoms with Crippen molar-refractivity contribution >= 4 is 21.5 Å². The molecule has 0 unspecified atom stereocenters. The van der Waals surface area contributed by atoms with E-state index >= 15 is 0 Å². The molecule has 3 heteroatoms. The van der Waals surface area contributed by atoms with E-state index < -0.39 is 0 Å². The van der Waals surface area contributed by atoms with Gasteiger partial charge in [-0.15, -0.1) is 58.5 Å². The molecular formula is C44H38IrN2-2. The summed E-state index contributed by atoms with van der Waals surface area (Å²) in [5.74, 6) is 0. The molecule has 1 radical (unpaired) electrons. The number of rotatable bonds is 2. The largest absolute Gasteiger partial charge is 0.305 e. The average molecular weight is 787 g/mol. The van der Waals surface area contributed by atoms with E-state index in [2.05, 4.69) is 167 Å². The molecule has 2 heterocycles. The second-order valence-electron chi connectivity index (χ2n) is 13.9. The van der Waals surface area contributed by atoms with E-state index in [1.165, 1.54) is 54.9 Å². The van der Waals surface area contributed by atoms with Gasteiger partial charge in [0.25, 0.3) is 0 Å². The second-order valence-corrected chi connectivity index (χ2v) is 13.9. The molecule has 0 N–H and O–H groups in total. The second kappa shape index (κ2) is 12.6. The van der Waals surface area contributed by atoms with Crippen molar-refractivity contribution in [2.45, 2.75) is 52.4 Å². The maximum atomic E-state index is 4.61. The van der Waals surface area contributed by atoms with Crippen LogP contribution in [0.5, 0.6) is 0 Å². The van der Waals surface area contributed by atoms with Gasteiger partial charge in [-0.3, -0.25) is 0 Å². The normalized spacial score (nSPS) is 12.9. The van der Waals surface area contributed by atoms with Crippen LogP contribution in [0.2, 0.25) is 0 Å². The van der Waals surface area contributed by atoms with Crippen LogP contribution in [0.15, 0.2) is 122 Å². The predicted octanol–water partition coefficient (Wildman–Crippen LogP) is 11.3. The molecule has 0 saturated carbocycles. The summed E-state index contributed by atoms with van der Waals surface area (Å²) in [6, 6.07) is 45.5. The van der Waals surface area contributed by atoms with Crippen LogP contribution in [0, 0.1) is 19.1 Å². The maximum absolute atomic E-state index is 4.61. The van der Waals surface area contributed by atoms with Crippen molar-refractivity contribution in [1.29, 1.82) is 0 Å². The maximum Gasteiger partial charge on any atom is 0.0163 e. The Balaban J connectivity index is 0.000000163. The Morgan fingerprint density at radius 2 is 1.26 bits per heavy atom. The Labute approximate surface area is 292 Å². The van der Waals surface area contributed by atoms with Crippen LogP contribution in [-0.2, 0) is 30.9 Å². The number of pyridine rings is 2. The van der Waals surface area contributed by atoms with Crippen molar-refractivity contribution in [2.24, 2.45) is 0 Å². The van der Waals surface area contributed by atoms with Gasteiger partial charge >= 0.3 is 0 Å². The first-order valence-electron chi connectivity index (χ1n) is 16.0. The molecule has 47 heavy (non-hydrogen) atoms. The number of benzene rings is 5. The summed E-state index contributed by atoms with van der Waals surface area (Å²) in [6.45, 7) is 13.4. The zero-order chi connectivity index (χ0) is 32.1. The molecule has 0 spiro atoms. The van der Waals surface area contributed by atoms with Crippen molar-refractivity contribution in [1.82, 2.24) is 9.97 Å². The van der Waals surface area contributed by atoms with Crippen LogP contribution in [0.4, 0.5) is 0 Å². The van der Waals surface area contributed by atoms with E-state index in [-0.39, 0.29) is 30.9 Å². The first-order valence-corrected chi connectivity index (χ1v) is 16.0. The van der Waals surface area contributed by atoms with Gasteiger partial charge in [0.05, 0.1) is 0 Å². The minimum absolute atomic E-state index is 0. The minimum atomic E-state index is 0. The van der Waals surface area contributed by atoms with Crippen molar-refractivity contribution in [3.63, 3.8) is 0 Å². The zero-order valence-electron chi connectivity index (χ0n) is 27.8. The Morgan fingerprint density at radius 3 is 2.04 bits per heavy atom. The van der Waals surface area contributed by atoms with Gasteiger partial charge in [-0.25, -0.2) is 0 Å². The van der Waals surface area contributed by atoms with E-state index in [1.807, 2.05) is 18.5 Å². The van der Waals surface area contributed by atoms with Crippen LogP contribution in [-0.4, -0.2) is 9.97 Å². The first kappa shape index (κ1) is 32.5. The molecule has 2 aromatic heterocycles. The van der Waals surface area contributed by atoms with Gasteiger partial charge in [-0.1, -0.05) is 129 Å². The molecule has 7 aromatic rings. The summed E-state index contributed by atoms with van der Waals surface area (Å²) in [4.78, 5) is 9.06. The Bertz CT molecular complexity index is 2240. The third-order valence-corrected chi connectivity index (χ3v) is 9.28. The van der Waals surface area contributed by atoms with Crippen molar-refractivity contribution in [3.05, 3.63) is 156 Å². The summed E-state index contributed by atoms with van der Waals surface area (Å²) in [5, 5.41) is 5.00. The quantitative estimate of drug-likeness (QED) is 0.129. The molecule has 1 aliphatic carbocycles. The molecule has 2 nitrogen and oxygen atoms in total. The fourth-order valence-corrected chi connectivity index (χ4v) is 6.61. The van der Waals surface area contributed by atoms with Crippen molar-refractivity contribution in [2.75, 3.05) is 0 Å². The summed E-state index contributed by atoms with van der Waals surface area (Å²) in [5.41, 5.74) is 12.1. The summed E-state index contributed by atoms with van der Waals surface area (Å²) < 4.78 is 0. The van der Waals surface area contributed by atoms with Gasteiger partial charge < -0.3 is 9.97 Å². The number of aromatic nitrogens is 2. The topological polar surface area (TPSA) is 25.8 Å². The summed E-state index contributed by atoms with van der Waals surface area (Å²) in [6.07, 6.45) is 3.76. The molecule has 8 rings (SSSR count). The number of nitrogens with zero attached hydrogens (tertiary/aromatic N) is 2. The van der Waals surface area contributed by atoms with Crippen LogP contribution >= 0.6 is 0 Å². The van der Waals surface area contributed by atoms with E-state index in [1.54, 1.807) is 0 Å². The Morgan fingerprint density at radius 1 is 0.596 bits per heavy atom. The van der Waals surface area contributed by atoms with Gasteiger partial charge in [-0.2, -0.15) is 0 Å². The van der Waals surface area contributed by atoms with Crippen LogP contribution < -0.4 is 0 Å². The molecule has 0 fully saturated rings. The monoisotopic (exact) mass is 787 g/mol. The number of hydrogen-bond acceptors (Lipinski definition) is 2. The van der Waals surface area contributed by atoms with E-state index in [9.17, 15) is 0 Å². The van der Waals surface area contributed by atoms with Gasteiger partial charge in [0.2, 0.25) is 0 Å². The number of fused-ring (bicyclic) bond motifs is 6. The first-order chi connectivity index (χ1) is 22.1. The van der Waals surface area contributed by atoms with Gasteiger partial charge in [0, 0.05) is 32.5 Å². The molecular weight excluding hydrogens is 749 g/mol. The van der Waals surface area contributed by atoms with Gasteiger partial charge in [0.1, 0.15) is 0 Å². The van der Waals surface area contributed by atoms with Gasteiger partial charge in [0.15, 0.2) is 0 Å². The van der Waals surface area contributed by atoms with E-state index in [0.717, 1.165) is 22.5 Å². The smallest absolute Gasteiger partial charge is 0.0163 e. The molecule has 0 amide bonds. The third-order valence-electron chi connectivity index (χ3n) is 9.28. The fraction of sp³-hybridized carbons (Fsp3) is 0.182. The molecule has 0 aliphatic heterocycles. The SMILES string of the molecule is CC(C)(C)c1ccnc(-c2[c-]cc3c(c2)-c2ccccc2C3(C)C)c1.Cc1ccnc(-c2[c-]cc3c(ccc4ccccc43)c2)c1.[Ir]. The summed E-state index contributed by atoms with van der Waals surface area (Å²) >= 11 is 0. The van der Waals surface area contributed by atoms with Crippen molar-refractivity contribution < 1.29 is 20.1 Å². The van der Waals surface area contributed by atoms with E-state index in [0.29, 0.717) is 0 Å². The van der Waals surface area contributed by atoms with Crippen LogP contribution in [0.3, 0.4) is 0 Å². The predicted molar refractivity (Wildman–Crippen MR) is 193 cm³/mol. The minimum Gasteiger partial charge on any atom is -0.305 e. The molecule has 1 aliphatic rings. The standard InChI is InChI=1S/C24H24N.C20H14N.Ir/c1-23(2,3)17-12-13-25-22(15-17)16-10-11-21-19(14-16)18-8-6-7-9-20(18)24(21,4)5;1-14-10-11-21-20(12-14)17-8-9-19-16(13-17)7-6-15-4-2-3-5-18(15)19;/h6-9,11-15H,1-5H3;2-7,9-13H,1H3;/q2*-1;. The van der Waals surface area contributed by atoms with Crippen LogP contribution in [0.25, 0.3) is 55.2 Å². The molecule has 0 atom stereocenters. The third kappa shape index (κ3) is 6.19. The zero-order valence-corrected chi connectivity index (χ0v) is 30.2. The Kier molecular flexibility index (Phi) is 8.74. The molecule has 5 aromatic carbocycles. The van der Waals surface area contributed by atoms with Crippen molar-refractivity contribution in [3.8, 4) is 33.6 Å². The fourth-order valence-electron chi connectivity index (χ4n) is 6.61. The molecule has 0 bridgehead atoms. The number of aryl methyl sites for hydroxylation is 1. The molecule has 235 valence electrons.